The normalized spacial score (nSPS) is 13.3. The van der Waals surface area contributed by atoms with E-state index in [1.54, 1.807) is 0 Å². The highest BCUT2D eigenvalue weighted by atomic mass is 16.4. The zero-order valence-corrected chi connectivity index (χ0v) is 9.14. The first-order chi connectivity index (χ1) is 6.82. The van der Waals surface area contributed by atoms with E-state index < -0.39 is 24.0 Å². The number of unbranched alkanes of at least 4 members (excludes halogenated alkanes) is 1. The van der Waals surface area contributed by atoms with E-state index in [-0.39, 0.29) is 0 Å². The number of carboxylic acid groups (broad SMARTS) is 2. The van der Waals surface area contributed by atoms with Gasteiger partial charge in [-0.1, -0.05) is 19.8 Å². The van der Waals surface area contributed by atoms with Crippen LogP contribution in [0.2, 0.25) is 0 Å². The lowest BCUT2D eigenvalue weighted by Gasteiger charge is -2.02. The molecule has 0 spiro atoms. The van der Waals surface area contributed by atoms with E-state index in [4.69, 9.17) is 21.7 Å². The Morgan fingerprint density at radius 1 is 1.20 bits per heavy atom. The Bertz CT molecular complexity index is 195. The smallest absolute Gasteiger partial charge is 0.320 e. The van der Waals surface area contributed by atoms with Crippen molar-refractivity contribution in [2.24, 2.45) is 11.5 Å². The topological polar surface area (TPSA) is 127 Å². The van der Waals surface area contributed by atoms with Gasteiger partial charge in [0.05, 0.1) is 0 Å². The molecule has 6 nitrogen and oxygen atoms in total. The van der Waals surface area contributed by atoms with Gasteiger partial charge in [0.15, 0.2) is 0 Å². The van der Waals surface area contributed by atoms with E-state index in [1.165, 1.54) is 6.92 Å². The third kappa shape index (κ3) is 12.9. The maximum absolute atomic E-state index is 10.1. The molecule has 6 heteroatoms. The Hall–Kier alpha value is -1.14. The number of hydrogen-bond donors (Lipinski definition) is 4. The third-order valence-corrected chi connectivity index (χ3v) is 1.58. The summed E-state index contributed by atoms with van der Waals surface area (Å²) in [6.07, 6.45) is 2.49. The Kier molecular flexibility index (Phi) is 10.2. The van der Waals surface area contributed by atoms with E-state index in [1.807, 2.05) is 6.92 Å². The summed E-state index contributed by atoms with van der Waals surface area (Å²) in [6, 6.07) is -1.39. The molecule has 0 aromatic carbocycles. The molecule has 0 fully saturated rings. The lowest BCUT2D eigenvalue weighted by atomic mass is 10.1. The molecule has 0 aliphatic rings. The first-order valence-electron chi connectivity index (χ1n) is 4.79. The van der Waals surface area contributed by atoms with E-state index >= 15 is 0 Å². The second-order valence-corrected chi connectivity index (χ2v) is 3.21. The molecule has 0 aromatic rings. The molecule has 6 N–H and O–H groups in total. The molecule has 0 heterocycles. The van der Waals surface area contributed by atoms with Crippen molar-refractivity contribution in [1.29, 1.82) is 0 Å². The van der Waals surface area contributed by atoms with Crippen LogP contribution >= 0.6 is 0 Å². The quantitative estimate of drug-likeness (QED) is 0.516. The van der Waals surface area contributed by atoms with E-state index in [0.29, 0.717) is 6.42 Å². The first kappa shape index (κ1) is 16.3. The van der Waals surface area contributed by atoms with Gasteiger partial charge in [0.2, 0.25) is 0 Å². The van der Waals surface area contributed by atoms with Crippen LogP contribution in [-0.4, -0.2) is 34.2 Å². The molecular formula is C9H20N2O4. The van der Waals surface area contributed by atoms with Crippen LogP contribution in [0.3, 0.4) is 0 Å². The van der Waals surface area contributed by atoms with Crippen LogP contribution in [0.1, 0.15) is 33.1 Å². The molecule has 0 aliphatic heterocycles. The Balaban J connectivity index is 0. The van der Waals surface area contributed by atoms with Gasteiger partial charge in [-0.25, -0.2) is 0 Å². The number of carbonyl (C=O) groups is 2. The average Bonchev–Trinajstić information content (AvgIpc) is 2.14. The number of carboxylic acids is 2. The number of nitrogens with two attached hydrogens (primary N) is 2. The molecule has 90 valence electrons. The van der Waals surface area contributed by atoms with E-state index in [2.05, 4.69) is 0 Å². The maximum atomic E-state index is 10.1. The summed E-state index contributed by atoms with van der Waals surface area (Å²) in [5.41, 5.74) is 10.0. The fourth-order valence-corrected chi connectivity index (χ4v) is 0.548. The van der Waals surface area contributed by atoms with Crippen LogP contribution in [0.15, 0.2) is 0 Å². The van der Waals surface area contributed by atoms with Crippen LogP contribution in [0.5, 0.6) is 0 Å². The van der Waals surface area contributed by atoms with Crippen molar-refractivity contribution in [2.45, 2.75) is 45.2 Å². The van der Waals surface area contributed by atoms with Crippen molar-refractivity contribution in [3.63, 3.8) is 0 Å². The highest BCUT2D eigenvalue weighted by Gasteiger charge is 2.08. The number of aliphatic carboxylic acids is 2. The second kappa shape index (κ2) is 9.42. The highest BCUT2D eigenvalue weighted by Crippen LogP contribution is 1.96. The van der Waals surface area contributed by atoms with Crippen molar-refractivity contribution in [3.8, 4) is 0 Å². The summed E-state index contributed by atoms with van der Waals surface area (Å²) in [5.74, 6) is -1.86. The Labute approximate surface area is 89.3 Å². The molecule has 0 amide bonds. The van der Waals surface area contributed by atoms with Gasteiger partial charge in [0, 0.05) is 0 Å². The summed E-state index contributed by atoms with van der Waals surface area (Å²) < 4.78 is 0. The summed E-state index contributed by atoms with van der Waals surface area (Å²) >= 11 is 0. The van der Waals surface area contributed by atoms with Crippen molar-refractivity contribution in [3.05, 3.63) is 0 Å². The molecule has 2 atom stereocenters. The van der Waals surface area contributed by atoms with E-state index in [9.17, 15) is 9.59 Å². The van der Waals surface area contributed by atoms with Gasteiger partial charge in [-0.2, -0.15) is 0 Å². The maximum Gasteiger partial charge on any atom is 0.320 e. The van der Waals surface area contributed by atoms with Crippen molar-refractivity contribution < 1.29 is 19.8 Å². The molecular weight excluding hydrogens is 200 g/mol. The van der Waals surface area contributed by atoms with Crippen LogP contribution in [0, 0.1) is 0 Å². The summed E-state index contributed by atoms with van der Waals surface area (Å²) in [6.45, 7) is 3.43. The minimum absolute atomic E-state index is 0.589. The minimum atomic E-state index is -0.963. The summed E-state index contributed by atoms with van der Waals surface area (Å²) in [4.78, 5) is 19.7. The summed E-state index contributed by atoms with van der Waals surface area (Å²) in [5, 5.41) is 16.1. The molecule has 0 radical (unpaired) electrons. The van der Waals surface area contributed by atoms with E-state index in [0.717, 1.165) is 12.8 Å². The molecule has 0 saturated heterocycles. The highest BCUT2D eigenvalue weighted by molar-refractivity contribution is 5.73. The lowest BCUT2D eigenvalue weighted by Crippen LogP contribution is -2.29. The minimum Gasteiger partial charge on any atom is -0.480 e. The largest absolute Gasteiger partial charge is 0.480 e. The van der Waals surface area contributed by atoms with Crippen molar-refractivity contribution >= 4 is 11.9 Å². The molecule has 0 rings (SSSR count). The third-order valence-electron chi connectivity index (χ3n) is 1.58. The fraction of sp³-hybridized carbons (Fsp3) is 0.778. The van der Waals surface area contributed by atoms with Gasteiger partial charge in [0.25, 0.3) is 0 Å². The zero-order chi connectivity index (χ0) is 12.4. The van der Waals surface area contributed by atoms with Gasteiger partial charge in [-0.05, 0) is 13.3 Å². The molecule has 0 aliphatic carbocycles. The number of hydrogen-bond acceptors (Lipinski definition) is 4. The Morgan fingerprint density at radius 2 is 1.60 bits per heavy atom. The van der Waals surface area contributed by atoms with Crippen LogP contribution in [0.4, 0.5) is 0 Å². The van der Waals surface area contributed by atoms with Gasteiger partial charge >= 0.3 is 11.9 Å². The lowest BCUT2D eigenvalue weighted by molar-refractivity contribution is -0.139. The molecule has 0 bridgehead atoms. The van der Waals surface area contributed by atoms with Gasteiger partial charge in [0.1, 0.15) is 12.1 Å². The van der Waals surface area contributed by atoms with Gasteiger partial charge < -0.3 is 21.7 Å². The second-order valence-electron chi connectivity index (χ2n) is 3.21. The first-order valence-corrected chi connectivity index (χ1v) is 4.79. The SMILES string of the molecule is CC(N)C(=O)O.CCCCC(N)C(=O)O. The predicted octanol–water partition coefficient (Wildman–Crippen LogP) is 0.00670. The van der Waals surface area contributed by atoms with Crippen LogP contribution < -0.4 is 11.5 Å². The van der Waals surface area contributed by atoms with Gasteiger partial charge in [-0.3, -0.25) is 9.59 Å². The average molecular weight is 220 g/mol. The molecule has 15 heavy (non-hydrogen) atoms. The zero-order valence-electron chi connectivity index (χ0n) is 9.14. The van der Waals surface area contributed by atoms with Crippen molar-refractivity contribution in [1.82, 2.24) is 0 Å². The number of rotatable bonds is 5. The van der Waals surface area contributed by atoms with Gasteiger partial charge in [-0.15, -0.1) is 0 Å². The monoisotopic (exact) mass is 220 g/mol. The molecule has 0 aromatic heterocycles. The predicted molar refractivity (Wildman–Crippen MR) is 56.4 cm³/mol. The fourth-order valence-electron chi connectivity index (χ4n) is 0.548. The standard InChI is InChI=1S/C6H13NO2.C3H7NO2/c1-2-3-4-5(7)6(8)9;1-2(4)3(5)6/h5H,2-4,7H2,1H3,(H,8,9);2H,4H2,1H3,(H,5,6). The Morgan fingerprint density at radius 3 is 1.80 bits per heavy atom. The van der Waals surface area contributed by atoms with Crippen LogP contribution in [-0.2, 0) is 9.59 Å². The molecule has 2 unspecified atom stereocenters. The molecule has 0 saturated carbocycles. The van der Waals surface area contributed by atoms with Crippen LogP contribution in [0.25, 0.3) is 0 Å². The summed E-state index contributed by atoms with van der Waals surface area (Å²) in [7, 11) is 0. The van der Waals surface area contributed by atoms with Crippen molar-refractivity contribution in [2.75, 3.05) is 0 Å².